The van der Waals surface area contributed by atoms with Crippen molar-refractivity contribution < 1.29 is 4.74 Å². The number of hydrogen-bond acceptors (Lipinski definition) is 2. The molecular weight excluding hydrogens is 378 g/mol. The third-order valence-electron chi connectivity index (χ3n) is 5.87. The summed E-state index contributed by atoms with van der Waals surface area (Å²) in [5.41, 5.74) is 3.79. The summed E-state index contributed by atoms with van der Waals surface area (Å²) < 4.78 is 5.10. The number of ether oxygens (including phenoxy) is 1. The molecule has 1 aromatic carbocycles. The second-order valence-electron chi connectivity index (χ2n) is 8.58. The Hall–Kier alpha value is -1.83. The highest BCUT2D eigenvalue weighted by Crippen LogP contribution is 2.34. The molecule has 1 aliphatic carbocycles. The standard InChI is InChI=1S/C12H18O.C8H11N.C7H14.C2H6/c1-4-10(2)9-11-5-7-12(13-3)8-6-11;1-3-8-5-4-7(2)9-6-8;1-3-7-4-6(2)5-7;1-2/h5-8,10H,4,9H2,1-3H3;4-6H,3H2,1-2H3;6-7H,3-5H2,1-2H3;1-2H3. The van der Waals surface area contributed by atoms with Crippen LogP contribution in [0.3, 0.4) is 0 Å². The van der Waals surface area contributed by atoms with Gasteiger partial charge in [-0.3, -0.25) is 4.98 Å². The van der Waals surface area contributed by atoms with Crippen LogP contribution in [-0.4, -0.2) is 12.1 Å². The molecule has 0 bridgehead atoms. The molecule has 176 valence electrons. The van der Waals surface area contributed by atoms with Gasteiger partial charge in [-0.15, -0.1) is 0 Å². The zero-order valence-electron chi connectivity index (χ0n) is 21.9. The van der Waals surface area contributed by atoms with Crippen LogP contribution in [0, 0.1) is 24.7 Å². The topological polar surface area (TPSA) is 22.1 Å². The molecule has 2 heteroatoms. The summed E-state index contributed by atoms with van der Waals surface area (Å²) in [7, 11) is 1.70. The maximum absolute atomic E-state index is 5.10. The zero-order valence-corrected chi connectivity index (χ0v) is 21.9. The summed E-state index contributed by atoms with van der Waals surface area (Å²) in [6.07, 6.45) is 9.81. The fraction of sp³-hybridized carbons (Fsp3) is 0.621. The van der Waals surface area contributed by atoms with E-state index in [0.717, 1.165) is 35.6 Å². The maximum atomic E-state index is 5.10. The van der Waals surface area contributed by atoms with Crippen LogP contribution in [0.25, 0.3) is 0 Å². The van der Waals surface area contributed by atoms with Crippen molar-refractivity contribution in [3.8, 4) is 5.75 Å². The summed E-state index contributed by atoms with van der Waals surface area (Å²) in [6.45, 7) is 17.3. The number of hydrogen-bond donors (Lipinski definition) is 0. The normalized spacial score (nSPS) is 17.3. The van der Waals surface area contributed by atoms with Crippen LogP contribution in [-0.2, 0) is 12.8 Å². The molecule has 31 heavy (non-hydrogen) atoms. The Labute approximate surface area is 193 Å². The predicted molar refractivity (Wildman–Crippen MR) is 138 cm³/mol. The molecule has 0 aliphatic heterocycles. The first-order valence-corrected chi connectivity index (χ1v) is 12.5. The van der Waals surface area contributed by atoms with E-state index in [4.69, 9.17) is 4.74 Å². The molecule has 0 amide bonds. The lowest BCUT2D eigenvalue weighted by Crippen LogP contribution is -2.19. The lowest BCUT2D eigenvalue weighted by atomic mass is 9.75. The van der Waals surface area contributed by atoms with E-state index in [0.29, 0.717) is 0 Å². The number of aromatic nitrogens is 1. The van der Waals surface area contributed by atoms with Crippen molar-refractivity contribution in [2.45, 2.75) is 93.9 Å². The van der Waals surface area contributed by atoms with Crippen molar-refractivity contribution in [2.24, 2.45) is 17.8 Å². The Bertz CT molecular complexity index is 641. The minimum absolute atomic E-state index is 0.772. The number of nitrogens with zero attached hydrogens (tertiary/aromatic N) is 1. The Morgan fingerprint density at radius 1 is 0.968 bits per heavy atom. The van der Waals surface area contributed by atoms with Gasteiger partial charge in [-0.25, -0.2) is 0 Å². The van der Waals surface area contributed by atoms with Gasteiger partial charge in [0.05, 0.1) is 7.11 Å². The molecular formula is C29H49NO. The quantitative estimate of drug-likeness (QED) is 0.460. The van der Waals surface area contributed by atoms with Crippen molar-refractivity contribution in [2.75, 3.05) is 7.11 Å². The summed E-state index contributed by atoms with van der Waals surface area (Å²) in [5.74, 6) is 3.85. The van der Waals surface area contributed by atoms with Gasteiger partial charge in [0.15, 0.2) is 0 Å². The molecule has 0 N–H and O–H groups in total. The summed E-state index contributed by atoms with van der Waals surface area (Å²) in [4.78, 5) is 4.15. The van der Waals surface area contributed by atoms with Crippen molar-refractivity contribution >= 4 is 0 Å². The summed E-state index contributed by atoms with van der Waals surface area (Å²) >= 11 is 0. The first kappa shape index (κ1) is 29.2. The first-order valence-electron chi connectivity index (χ1n) is 12.5. The van der Waals surface area contributed by atoms with Crippen LogP contribution in [0.2, 0.25) is 0 Å². The lowest BCUT2D eigenvalue weighted by Gasteiger charge is -2.31. The van der Waals surface area contributed by atoms with E-state index in [1.165, 1.54) is 43.2 Å². The maximum Gasteiger partial charge on any atom is 0.118 e. The molecule has 3 rings (SSSR count). The highest BCUT2D eigenvalue weighted by atomic mass is 16.5. The van der Waals surface area contributed by atoms with Crippen LogP contribution >= 0.6 is 0 Å². The molecule has 1 unspecified atom stereocenters. The van der Waals surface area contributed by atoms with E-state index in [2.05, 4.69) is 57.8 Å². The molecule has 0 spiro atoms. The number of methoxy groups -OCH3 is 1. The summed E-state index contributed by atoms with van der Waals surface area (Å²) in [6, 6.07) is 12.5. The highest BCUT2D eigenvalue weighted by molar-refractivity contribution is 5.27. The van der Waals surface area contributed by atoms with Crippen molar-refractivity contribution in [1.82, 2.24) is 4.98 Å². The highest BCUT2D eigenvalue weighted by Gasteiger charge is 2.22. The molecule has 0 saturated heterocycles. The Morgan fingerprint density at radius 2 is 1.55 bits per heavy atom. The molecule has 1 atom stereocenters. The second kappa shape index (κ2) is 17.8. The second-order valence-corrected chi connectivity index (χ2v) is 8.58. The van der Waals surface area contributed by atoms with Gasteiger partial charge in [-0.05, 0) is 79.7 Å². The molecule has 1 saturated carbocycles. The molecule has 1 aliphatic rings. The van der Waals surface area contributed by atoms with Crippen LogP contribution in [0.1, 0.15) is 91.0 Å². The van der Waals surface area contributed by atoms with Gasteiger partial charge in [0.1, 0.15) is 5.75 Å². The number of aryl methyl sites for hydroxylation is 2. The van der Waals surface area contributed by atoms with E-state index < -0.39 is 0 Å². The largest absolute Gasteiger partial charge is 0.497 e. The van der Waals surface area contributed by atoms with Crippen molar-refractivity contribution in [3.63, 3.8) is 0 Å². The fourth-order valence-electron chi connectivity index (χ4n) is 3.42. The van der Waals surface area contributed by atoms with E-state index >= 15 is 0 Å². The monoisotopic (exact) mass is 427 g/mol. The Balaban J connectivity index is 0.000000437. The van der Waals surface area contributed by atoms with E-state index in [-0.39, 0.29) is 0 Å². The number of rotatable bonds is 6. The molecule has 0 radical (unpaired) electrons. The van der Waals surface area contributed by atoms with Gasteiger partial charge in [0, 0.05) is 11.9 Å². The van der Waals surface area contributed by atoms with E-state index in [1.54, 1.807) is 7.11 Å². The van der Waals surface area contributed by atoms with Gasteiger partial charge in [0.2, 0.25) is 0 Å². The van der Waals surface area contributed by atoms with Crippen LogP contribution < -0.4 is 4.74 Å². The molecule has 1 fully saturated rings. The predicted octanol–water partition coefficient (Wildman–Crippen LogP) is 8.70. The van der Waals surface area contributed by atoms with Crippen LogP contribution in [0.15, 0.2) is 42.6 Å². The third-order valence-corrected chi connectivity index (χ3v) is 5.87. The molecule has 2 aromatic rings. The van der Waals surface area contributed by atoms with Gasteiger partial charge in [-0.2, -0.15) is 0 Å². The molecule has 1 heterocycles. The van der Waals surface area contributed by atoms with E-state index in [1.807, 2.05) is 45.2 Å². The Morgan fingerprint density at radius 3 is 1.90 bits per heavy atom. The van der Waals surface area contributed by atoms with Gasteiger partial charge < -0.3 is 4.74 Å². The average molecular weight is 428 g/mol. The van der Waals surface area contributed by atoms with Gasteiger partial charge in [-0.1, -0.05) is 79.5 Å². The molecule has 2 nitrogen and oxygen atoms in total. The fourth-order valence-corrected chi connectivity index (χ4v) is 3.42. The smallest absolute Gasteiger partial charge is 0.118 e. The molecule has 1 aromatic heterocycles. The summed E-state index contributed by atoms with van der Waals surface area (Å²) in [5, 5.41) is 0. The average Bonchev–Trinajstić information content (AvgIpc) is 2.80. The number of pyridine rings is 1. The van der Waals surface area contributed by atoms with Crippen LogP contribution in [0.4, 0.5) is 0 Å². The van der Waals surface area contributed by atoms with Gasteiger partial charge in [0.25, 0.3) is 0 Å². The van der Waals surface area contributed by atoms with Crippen molar-refractivity contribution in [3.05, 3.63) is 59.4 Å². The minimum atomic E-state index is 0.772. The van der Waals surface area contributed by atoms with Crippen LogP contribution in [0.5, 0.6) is 5.75 Å². The van der Waals surface area contributed by atoms with Gasteiger partial charge >= 0.3 is 0 Å². The SMILES string of the molecule is CC.CCC(C)Cc1ccc(OC)cc1.CCC1CC(C)C1.CCc1ccc(C)nc1. The Kier molecular flexibility index (Phi) is 16.8. The first-order chi connectivity index (χ1) is 14.9. The minimum Gasteiger partial charge on any atom is -0.497 e. The number of benzene rings is 1. The zero-order chi connectivity index (χ0) is 23.6. The van der Waals surface area contributed by atoms with E-state index in [9.17, 15) is 0 Å². The third kappa shape index (κ3) is 13.2. The lowest BCUT2D eigenvalue weighted by molar-refractivity contribution is 0.206. The van der Waals surface area contributed by atoms with Crippen molar-refractivity contribution in [1.29, 1.82) is 0 Å².